The minimum Gasteiger partial charge on any atom is -0.462 e. The Kier molecular flexibility index (Phi) is 7.53. The van der Waals surface area contributed by atoms with Gasteiger partial charge in [-0.25, -0.2) is 9.18 Å². The Morgan fingerprint density at radius 3 is 2.53 bits per heavy atom. The second-order valence-electron chi connectivity index (χ2n) is 8.80. The van der Waals surface area contributed by atoms with Crippen molar-refractivity contribution in [1.29, 1.82) is 0 Å². The van der Waals surface area contributed by atoms with E-state index in [0.29, 0.717) is 23.8 Å². The number of nitrogens with zero attached hydrogens (tertiary/aromatic N) is 1. The van der Waals surface area contributed by atoms with E-state index in [2.05, 4.69) is 10.3 Å². The number of nitrogens with one attached hydrogen (secondary N) is 1. The molecule has 1 unspecified atom stereocenters. The number of nitrogens with two attached hydrogens (primary N) is 1. The molecule has 1 aromatic heterocycles. The van der Waals surface area contributed by atoms with Crippen LogP contribution in [-0.2, 0) is 9.53 Å². The molecular weight excluding hydrogens is 433 g/mol. The summed E-state index contributed by atoms with van der Waals surface area (Å²) in [6.07, 6.45) is 5.36. The highest BCUT2D eigenvalue weighted by atomic mass is 19.1. The SMILES string of the molecule is CCOC(=O)c1ccc(NC(=O)C(CN)[C@H]2CC[C@@H](c3ccnc4ccc(F)cc43)CC2)cc1. The van der Waals surface area contributed by atoms with Crippen LogP contribution in [0.5, 0.6) is 0 Å². The number of carbonyl (C=O) groups is 2. The fourth-order valence-electron chi connectivity index (χ4n) is 4.98. The Labute approximate surface area is 198 Å². The number of amides is 1. The van der Waals surface area contributed by atoms with E-state index in [-0.39, 0.29) is 36.1 Å². The number of pyridine rings is 1. The van der Waals surface area contributed by atoms with Crippen molar-refractivity contribution in [2.24, 2.45) is 17.6 Å². The molecule has 1 heterocycles. The smallest absolute Gasteiger partial charge is 0.338 e. The Balaban J connectivity index is 1.39. The molecule has 4 rings (SSSR count). The summed E-state index contributed by atoms with van der Waals surface area (Å²) in [7, 11) is 0. The average molecular weight is 464 g/mol. The summed E-state index contributed by atoms with van der Waals surface area (Å²) >= 11 is 0. The van der Waals surface area contributed by atoms with Crippen LogP contribution in [0.2, 0.25) is 0 Å². The summed E-state index contributed by atoms with van der Waals surface area (Å²) in [6, 6.07) is 13.4. The minimum absolute atomic E-state index is 0.105. The molecule has 1 saturated carbocycles. The van der Waals surface area contributed by atoms with Gasteiger partial charge < -0.3 is 15.8 Å². The molecule has 1 fully saturated rings. The van der Waals surface area contributed by atoms with Gasteiger partial charge >= 0.3 is 5.97 Å². The van der Waals surface area contributed by atoms with Gasteiger partial charge in [-0.3, -0.25) is 9.78 Å². The molecule has 0 saturated heterocycles. The number of ether oxygens (including phenoxy) is 1. The van der Waals surface area contributed by atoms with E-state index >= 15 is 0 Å². The lowest BCUT2D eigenvalue weighted by Gasteiger charge is -2.33. The number of aromatic nitrogens is 1. The van der Waals surface area contributed by atoms with Gasteiger partial charge in [0.2, 0.25) is 5.91 Å². The maximum atomic E-state index is 13.9. The summed E-state index contributed by atoms with van der Waals surface area (Å²) < 4.78 is 18.8. The van der Waals surface area contributed by atoms with Gasteiger partial charge in [-0.05, 0) is 98.5 Å². The van der Waals surface area contributed by atoms with Crippen molar-refractivity contribution < 1.29 is 18.7 Å². The lowest BCUT2D eigenvalue weighted by Crippen LogP contribution is -2.36. The highest BCUT2D eigenvalue weighted by Gasteiger charge is 2.32. The molecule has 178 valence electrons. The Hall–Kier alpha value is -3.32. The van der Waals surface area contributed by atoms with E-state index in [0.717, 1.165) is 42.1 Å². The van der Waals surface area contributed by atoms with Crippen LogP contribution in [0.25, 0.3) is 10.9 Å². The van der Waals surface area contributed by atoms with Crippen molar-refractivity contribution in [2.75, 3.05) is 18.5 Å². The topological polar surface area (TPSA) is 94.3 Å². The lowest BCUT2D eigenvalue weighted by atomic mass is 9.73. The van der Waals surface area contributed by atoms with Gasteiger partial charge in [0.05, 0.1) is 23.6 Å². The number of hydrogen-bond donors (Lipinski definition) is 2. The van der Waals surface area contributed by atoms with Gasteiger partial charge in [-0.15, -0.1) is 0 Å². The second kappa shape index (κ2) is 10.7. The summed E-state index contributed by atoms with van der Waals surface area (Å²) in [5.74, 6) is -0.554. The highest BCUT2D eigenvalue weighted by Crippen LogP contribution is 2.41. The molecule has 1 aliphatic carbocycles. The zero-order chi connectivity index (χ0) is 24.1. The van der Waals surface area contributed by atoms with Crippen molar-refractivity contribution in [1.82, 2.24) is 4.98 Å². The van der Waals surface area contributed by atoms with Gasteiger partial charge in [0.1, 0.15) is 5.82 Å². The number of hydrogen-bond acceptors (Lipinski definition) is 5. The van der Waals surface area contributed by atoms with Crippen LogP contribution >= 0.6 is 0 Å². The quantitative estimate of drug-likeness (QED) is 0.479. The van der Waals surface area contributed by atoms with Crippen LogP contribution in [0.4, 0.5) is 10.1 Å². The molecule has 0 aliphatic heterocycles. The van der Waals surface area contributed by atoms with E-state index in [1.807, 2.05) is 6.07 Å². The van der Waals surface area contributed by atoms with Gasteiger partial charge in [0.25, 0.3) is 0 Å². The van der Waals surface area contributed by atoms with E-state index in [4.69, 9.17) is 10.5 Å². The minimum atomic E-state index is -0.387. The highest BCUT2D eigenvalue weighted by molar-refractivity contribution is 5.94. The predicted octanol–water partition coefficient (Wildman–Crippen LogP) is 5.04. The zero-order valence-electron chi connectivity index (χ0n) is 19.3. The standard InChI is InChI=1S/C27H30FN3O3/c1-2-34-27(33)19-7-10-21(11-8-19)31-26(32)24(16-29)18-5-3-17(4-6-18)22-13-14-30-25-12-9-20(28)15-23(22)25/h7-15,17-18,24H,2-6,16,29H2,1H3,(H,31,32)/t17-,18+,24?. The van der Waals surface area contributed by atoms with Crippen molar-refractivity contribution in [2.45, 2.75) is 38.5 Å². The Bertz CT molecular complexity index is 1160. The molecule has 2 aromatic carbocycles. The number of benzene rings is 2. The molecular formula is C27H30FN3O3. The van der Waals surface area contributed by atoms with Crippen LogP contribution in [-0.4, -0.2) is 30.0 Å². The summed E-state index contributed by atoms with van der Waals surface area (Å²) in [4.78, 5) is 29.2. The summed E-state index contributed by atoms with van der Waals surface area (Å²) in [5, 5.41) is 3.81. The molecule has 0 spiro atoms. The van der Waals surface area contributed by atoms with E-state index in [1.165, 1.54) is 6.07 Å². The van der Waals surface area contributed by atoms with Gasteiger partial charge in [-0.1, -0.05) is 0 Å². The molecule has 3 aromatic rings. The number of rotatable bonds is 7. The number of fused-ring (bicyclic) bond motifs is 1. The molecule has 34 heavy (non-hydrogen) atoms. The molecule has 0 bridgehead atoms. The van der Waals surface area contributed by atoms with E-state index in [9.17, 15) is 14.0 Å². The number of esters is 1. The van der Waals surface area contributed by atoms with E-state index < -0.39 is 0 Å². The Morgan fingerprint density at radius 2 is 1.85 bits per heavy atom. The second-order valence-corrected chi connectivity index (χ2v) is 8.80. The van der Waals surface area contributed by atoms with Gasteiger partial charge in [-0.2, -0.15) is 0 Å². The lowest BCUT2D eigenvalue weighted by molar-refractivity contribution is -0.121. The molecule has 3 N–H and O–H groups in total. The zero-order valence-corrected chi connectivity index (χ0v) is 19.3. The predicted molar refractivity (Wildman–Crippen MR) is 130 cm³/mol. The third-order valence-electron chi connectivity index (χ3n) is 6.77. The first kappa shape index (κ1) is 23.8. The molecule has 7 heteroatoms. The van der Waals surface area contributed by atoms with Gasteiger partial charge in [0.15, 0.2) is 0 Å². The monoisotopic (exact) mass is 463 g/mol. The first-order valence-corrected chi connectivity index (χ1v) is 11.8. The van der Waals surface area contributed by atoms with Crippen LogP contribution in [0.3, 0.4) is 0 Å². The number of anilines is 1. The maximum Gasteiger partial charge on any atom is 0.338 e. The fourth-order valence-corrected chi connectivity index (χ4v) is 4.98. The molecule has 1 aliphatic rings. The fraction of sp³-hybridized carbons (Fsp3) is 0.370. The van der Waals surface area contributed by atoms with E-state index in [1.54, 1.807) is 49.5 Å². The van der Waals surface area contributed by atoms with Crippen LogP contribution in [0, 0.1) is 17.7 Å². The number of carbonyl (C=O) groups excluding carboxylic acids is 2. The van der Waals surface area contributed by atoms with Crippen molar-refractivity contribution in [3.05, 3.63) is 71.7 Å². The largest absolute Gasteiger partial charge is 0.462 e. The normalized spacial score (nSPS) is 18.9. The first-order chi connectivity index (χ1) is 16.5. The Morgan fingerprint density at radius 1 is 1.12 bits per heavy atom. The molecule has 0 radical (unpaired) electrons. The van der Waals surface area contributed by atoms with Gasteiger partial charge in [0, 0.05) is 23.8 Å². The van der Waals surface area contributed by atoms with Crippen LogP contribution in [0.15, 0.2) is 54.7 Å². The van der Waals surface area contributed by atoms with Crippen LogP contribution in [0.1, 0.15) is 54.4 Å². The summed E-state index contributed by atoms with van der Waals surface area (Å²) in [5.41, 5.74) is 9.01. The molecule has 6 nitrogen and oxygen atoms in total. The molecule has 1 atom stereocenters. The van der Waals surface area contributed by atoms with Crippen LogP contribution < -0.4 is 11.1 Å². The first-order valence-electron chi connectivity index (χ1n) is 11.8. The van der Waals surface area contributed by atoms with Crippen molar-refractivity contribution in [3.63, 3.8) is 0 Å². The third-order valence-corrected chi connectivity index (χ3v) is 6.77. The maximum absolute atomic E-state index is 13.9. The third kappa shape index (κ3) is 5.25. The average Bonchev–Trinajstić information content (AvgIpc) is 2.85. The van der Waals surface area contributed by atoms with Crippen molar-refractivity contribution in [3.8, 4) is 0 Å². The van der Waals surface area contributed by atoms with Crippen molar-refractivity contribution >= 4 is 28.5 Å². The summed E-state index contributed by atoms with van der Waals surface area (Å²) in [6.45, 7) is 2.34. The number of halogens is 1. The molecule has 1 amide bonds.